The molecule has 0 aliphatic heterocycles. The minimum Gasteiger partial charge on any atom is -0.330 e. The van der Waals surface area contributed by atoms with E-state index in [1.165, 1.54) is 12.1 Å². The summed E-state index contributed by atoms with van der Waals surface area (Å²) in [6.07, 6.45) is 4.04. The Morgan fingerprint density at radius 2 is 1.88 bits per heavy atom. The van der Waals surface area contributed by atoms with E-state index in [2.05, 4.69) is 11.8 Å². The van der Waals surface area contributed by atoms with Crippen LogP contribution in [-0.2, 0) is 0 Å². The van der Waals surface area contributed by atoms with Crippen LogP contribution in [-0.4, -0.2) is 11.5 Å². The lowest BCUT2D eigenvalue weighted by Crippen LogP contribution is -1.97. The quantitative estimate of drug-likeness (QED) is 0.367. The molecule has 2 N–H and O–H groups in total. The fourth-order valence-corrected chi connectivity index (χ4v) is 1.37. The Kier molecular flexibility index (Phi) is 5.76. The fourth-order valence-electron chi connectivity index (χ4n) is 1.37. The number of non-ortho nitro benzene ring substituents is 1. The van der Waals surface area contributed by atoms with E-state index in [-0.39, 0.29) is 5.69 Å². The number of nitro benzene ring substituents is 1. The van der Waals surface area contributed by atoms with E-state index in [0.29, 0.717) is 0 Å². The summed E-state index contributed by atoms with van der Waals surface area (Å²) in [5.41, 5.74) is 6.29. The Balaban J connectivity index is 2.41. The third kappa shape index (κ3) is 5.14. The number of hydrogen-bond donors (Lipinski definition) is 1. The lowest BCUT2D eigenvalue weighted by Gasteiger charge is -1.93. The summed E-state index contributed by atoms with van der Waals surface area (Å²) in [7, 11) is 0. The van der Waals surface area contributed by atoms with E-state index in [0.717, 1.165) is 37.8 Å². The predicted octanol–water partition coefficient (Wildman–Crippen LogP) is 2.47. The lowest BCUT2D eigenvalue weighted by molar-refractivity contribution is -0.384. The van der Waals surface area contributed by atoms with Crippen LogP contribution in [0.3, 0.4) is 0 Å². The van der Waals surface area contributed by atoms with Crippen LogP contribution in [0.2, 0.25) is 0 Å². The first kappa shape index (κ1) is 13.2. The molecule has 0 bridgehead atoms. The second kappa shape index (κ2) is 7.42. The highest BCUT2D eigenvalue weighted by Gasteiger charge is 2.01. The van der Waals surface area contributed by atoms with Gasteiger partial charge >= 0.3 is 0 Å². The monoisotopic (exact) mass is 232 g/mol. The SMILES string of the molecule is NCCCCCC#Cc1ccc([N+](=O)[O-])cc1. The summed E-state index contributed by atoms with van der Waals surface area (Å²) in [6, 6.07) is 6.28. The van der Waals surface area contributed by atoms with Gasteiger partial charge in [-0.15, -0.1) is 0 Å². The number of hydrogen-bond acceptors (Lipinski definition) is 3. The molecule has 1 rings (SSSR count). The first-order valence-corrected chi connectivity index (χ1v) is 5.67. The van der Waals surface area contributed by atoms with Crippen molar-refractivity contribution in [2.24, 2.45) is 5.73 Å². The smallest absolute Gasteiger partial charge is 0.269 e. The van der Waals surface area contributed by atoms with Crippen molar-refractivity contribution in [2.45, 2.75) is 25.7 Å². The number of nitrogens with two attached hydrogens (primary N) is 1. The Labute approximate surface area is 101 Å². The second-order valence-electron chi connectivity index (χ2n) is 3.71. The topological polar surface area (TPSA) is 69.2 Å². The van der Waals surface area contributed by atoms with Crippen LogP contribution in [0.15, 0.2) is 24.3 Å². The number of rotatable bonds is 5. The van der Waals surface area contributed by atoms with Crippen LogP contribution < -0.4 is 5.73 Å². The molecule has 0 aromatic heterocycles. The van der Waals surface area contributed by atoms with Gasteiger partial charge in [-0.1, -0.05) is 18.3 Å². The van der Waals surface area contributed by atoms with Gasteiger partial charge in [0.15, 0.2) is 0 Å². The Hall–Kier alpha value is -1.86. The van der Waals surface area contributed by atoms with Crippen molar-refractivity contribution in [2.75, 3.05) is 6.54 Å². The van der Waals surface area contributed by atoms with Gasteiger partial charge < -0.3 is 5.73 Å². The summed E-state index contributed by atoms with van der Waals surface area (Å²) in [5, 5.41) is 10.4. The molecular formula is C13H16N2O2. The third-order valence-corrected chi connectivity index (χ3v) is 2.32. The molecule has 17 heavy (non-hydrogen) atoms. The molecule has 90 valence electrons. The molecule has 0 unspecified atom stereocenters. The van der Waals surface area contributed by atoms with Crippen molar-refractivity contribution in [3.8, 4) is 11.8 Å². The second-order valence-corrected chi connectivity index (χ2v) is 3.71. The minimum absolute atomic E-state index is 0.0958. The zero-order chi connectivity index (χ0) is 12.5. The van der Waals surface area contributed by atoms with Gasteiger partial charge in [-0.05, 0) is 31.5 Å². The molecule has 0 amide bonds. The van der Waals surface area contributed by atoms with Crippen molar-refractivity contribution in [3.05, 3.63) is 39.9 Å². The summed E-state index contributed by atoms with van der Waals surface area (Å²) in [4.78, 5) is 10.0. The molecule has 4 nitrogen and oxygen atoms in total. The third-order valence-electron chi connectivity index (χ3n) is 2.32. The lowest BCUT2D eigenvalue weighted by atomic mass is 10.1. The van der Waals surface area contributed by atoms with Crippen LogP contribution in [0.1, 0.15) is 31.2 Å². The van der Waals surface area contributed by atoms with Crippen molar-refractivity contribution < 1.29 is 4.92 Å². The molecule has 1 aromatic rings. The van der Waals surface area contributed by atoms with E-state index in [1.54, 1.807) is 12.1 Å². The van der Waals surface area contributed by atoms with Crippen molar-refractivity contribution in [1.29, 1.82) is 0 Å². The van der Waals surface area contributed by atoms with Crippen LogP contribution in [0.5, 0.6) is 0 Å². The molecule has 0 radical (unpaired) electrons. The summed E-state index contributed by atoms with van der Waals surface area (Å²) in [5.74, 6) is 6.03. The van der Waals surface area contributed by atoms with Crippen LogP contribution >= 0.6 is 0 Å². The van der Waals surface area contributed by atoms with Gasteiger partial charge in [-0.3, -0.25) is 10.1 Å². The number of unbranched alkanes of at least 4 members (excludes halogenated alkanes) is 3. The first-order chi connectivity index (χ1) is 8.24. The minimum atomic E-state index is -0.413. The van der Waals surface area contributed by atoms with E-state index in [1.807, 2.05) is 0 Å². The van der Waals surface area contributed by atoms with Crippen LogP contribution in [0.4, 0.5) is 5.69 Å². The van der Waals surface area contributed by atoms with Gasteiger partial charge in [0, 0.05) is 24.1 Å². The molecule has 0 spiro atoms. The molecule has 4 heteroatoms. The maximum Gasteiger partial charge on any atom is 0.269 e. The maximum absolute atomic E-state index is 10.4. The molecule has 0 saturated carbocycles. The van der Waals surface area contributed by atoms with Gasteiger partial charge in [-0.2, -0.15) is 0 Å². The van der Waals surface area contributed by atoms with Gasteiger partial charge in [-0.25, -0.2) is 0 Å². The zero-order valence-electron chi connectivity index (χ0n) is 9.69. The average Bonchev–Trinajstić information content (AvgIpc) is 2.34. The van der Waals surface area contributed by atoms with E-state index in [4.69, 9.17) is 5.73 Å². The molecule has 0 atom stereocenters. The zero-order valence-corrected chi connectivity index (χ0v) is 9.69. The normalized spacial score (nSPS) is 9.47. The molecule has 0 fully saturated rings. The highest BCUT2D eigenvalue weighted by Crippen LogP contribution is 2.11. The van der Waals surface area contributed by atoms with E-state index in [9.17, 15) is 10.1 Å². The number of nitrogens with zero attached hydrogens (tertiary/aromatic N) is 1. The summed E-state index contributed by atoms with van der Waals surface area (Å²) >= 11 is 0. The van der Waals surface area contributed by atoms with Crippen LogP contribution in [0, 0.1) is 22.0 Å². The highest BCUT2D eigenvalue weighted by atomic mass is 16.6. The Morgan fingerprint density at radius 3 is 2.47 bits per heavy atom. The first-order valence-electron chi connectivity index (χ1n) is 5.67. The highest BCUT2D eigenvalue weighted by molar-refractivity contribution is 5.40. The molecule has 0 aliphatic carbocycles. The molecule has 1 aromatic carbocycles. The molecule has 0 aliphatic rings. The van der Waals surface area contributed by atoms with Crippen molar-refractivity contribution >= 4 is 5.69 Å². The van der Waals surface area contributed by atoms with Gasteiger partial charge in [0.1, 0.15) is 0 Å². The predicted molar refractivity (Wildman–Crippen MR) is 67.5 cm³/mol. The van der Waals surface area contributed by atoms with Crippen molar-refractivity contribution in [1.82, 2.24) is 0 Å². The number of benzene rings is 1. The van der Waals surface area contributed by atoms with Gasteiger partial charge in [0.25, 0.3) is 5.69 Å². The largest absolute Gasteiger partial charge is 0.330 e. The standard InChI is InChI=1S/C13H16N2O2/c14-11-5-3-1-2-4-6-12-7-9-13(10-8-12)15(16)17/h7-10H,1-3,5,11,14H2. The van der Waals surface area contributed by atoms with Crippen LogP contribution in [0.25, 0.3) is 0 Å². The molecular weight excluding hydrogens is 216 g/mol. The Bertz CT molecular complexity index is 415. The number of nitro groups is 1. The van der Waals surface area contributed by atoms with E-state index < -0.39 is 4.92 Å². The van der Waals surface area contributed by atoms with E-state index >= 15 is 0 Å². The van der Waals surface area contributed by atoms with Gasteiger partial charge in [0.2, 0.25) is 0 Å². The van der Waals surface area contributed by atoms with Crippen molar-refractivity contribution in [3.63, 3.8) is 0 Å². The summed E-state index contributed by atoms with van der Waals surface area (Å²) in [6.45, 7) is 0.732. The summed E-state index contributed by atoms with van der Waals surface area (Å²) < 4.78 is 0. The fraction of sp³-hybridized carbons (Fsp3) is 0.385. The Morgan fingerprint density at radius 1 is 1.18 bits per heavy atom. The molecule has 0 saturated heterocycles. The molecule has 0 heterocycles. The maximum atomic E-state index is 10.4. The average molecular weight is 232 g/mol. The van der Waals surface area contributed by atoms with Gasteiger partial charge in [0.05, 0.1) is 4.92 Å².